The largest absolute Gasteiger partial charge is 0.323 e. The van der Waals surface area contributed by atoms with Crippen molar-refractivity contribution in [3.63, 3.8) is 0 Å². The van der Waals surface area contributed by atoms with Gasteiger partial charge in [0.2, 0.25) is 0 Å². The Labute approximate surface area is 262 Å². The molecule has 42 heavy (non-hydrogen) atoms. The fourth-order valence-electron chi connectivity index (χ4n) is 5.01. The Bertz CT molecular complexity index is 1760. The van der Waals surface area contributed by atoms with Crippen molar-refractivity contribution in [2.24, 2.45) is 0 Å². The highest BCUT2D eigenvalue weighted by Crippen LogP contribution is 2.42. The molecule has 6 rings (SSSR count). The molecule has 0 aliphatic heterocycles. The quantitative estimate of drug-likeness (QED) is 0.168. The van der Waals surface area contributed by atoms with Gasteiger partial charge in [-0.3, -0.25) is 4.79 Å². The molecule has 6 aromatic rings. The number of halogens is 4. The molecular formula is C33H22Cl4N4O. The van der Waals surface area contributed by atoms with Crippen LogP contribution >= 0.6 is 46.4 Å². The van der Waals surface area contributed by atoms with Gasteiger partial charge in [0.1, 0.15) is 11.6 Å². The highest BCUT2D eigenvalue weighted by atomic mass is 35.5. The van der Waals surface area contributed by atoms with Crippen LogP contribution < -0.4 is 0 Å². The Morgan fingerprint density at radius 2 is 0.976 bits per heavy atom. The number of ketones is 1. The zero-order chi connectivity index (χ0) is 29.2. The number of imidazole rings is 2. The average Bonchev–Trinajstić information content (AvgIpc) is 3.66. The van der Waals surface area contributed by atoms with Crippen molar-refractivity contribution < 1.29 is 4.79 Å². The van der Waals surface area contributed by atoms with Crippen LogP contribution in [0.5, 0.6) is 0 Å². The predicted octanol–water partition coefficient (Wildman–Crippen LogP) is 9.63. The van der Waals surface area contributed by atoms with Gasteiger partial charge in [0.25, 0.3) is 0 Å². The molecule has 0 N–H and O–H groups in total. The molecular weight excluding hydrogens is 610 g/mol. The van der Waals surface area contributed by atoms with E-state index in [-0.39, 0.29) is 18.9 Å². The van der Waals surface area contributed by atoms with E-state index in [0.717, 1.165) is 22.3 Å². The van der Waals surface area contributed by atoms with Crippen LogP contribution in [0, 0.1) is 0 Å². The number of hydrogen-bond donors (Lipinski definition) is 0. The van der Waals surface area contributed by atoms with Crippen LogP contribution in [0.2, 0.25) is 20.1 Å². The molecule has 0 unspecified atom stereocenters. The Balaban J connectivity index is 1.33. The topological polar surface area (TPSA) is 52.7 Å². The summed E-state index contributed by atoms with van der Waals surface area (Å²) in [6, 6.07) is 27.0. The minimum absolute atomic E-state index is 0.0544. The molecule has 208 valence electrons. The second-order valence-electron chi connectivity index (χ2n) is 9.60. The van der Waals surface area contributed by atoms with Gasteiger partial charge >= 0.3 is 0 Å². The molecule has 0 aliphatic carbocycles. The monoisotopic (exact) mass is 630 g/mol. The zero-order valence-corrected chi connectivity index (χ0v) is 25.0. The van der Waals surface area contributed by atoms with Crippen LogP contribution in [0.4, 0.5) is 0 Å². The third kappa shape index (κ3) is 5.49. The van der Waals surface area contributed by atoms with Crippen LogP contribution in [-0.2, 0) is 17.9 Å². The maximum absolute atomic E-state index is 13.5. The zero-order valence-electron chi connectivity index (χ0n) is 22.0. The van der Waals surface area contributed by atoms with Gasteiger partial charge in [-0.15, -0.1) is 0 Å². The van der Waals surface area contributed by atoms with Gasteiger partial charge in [0.05, 0.1) is 33.2 Å². The molecule has 0 spiro atoms. The summed E-state index contributed by atoms with van der Waals surface area (Å²) in [6.45, 7) is 0.109. The molecule has 4 aromatic carbocycles. The van der Waals surface area contributed by atoms with Crippen LogP contribution in [0.15, 0.2) is 110 Å². The van der Waals surface area contributed by atoms with Gasteiger partial charge in [-0.05, 0) is 34.4 Å². The summed E-state index contributed by atoms with van der Waals surface area (Å²) >= 11 is 26.3. The number of Topliss-reactive ketones (excluding diaryl/α,β-unsaturated/α-hetero) is 1. The summed E-state index contributed by atoms with van der Waals surface area (Å²) in [5, 5.41) is 1.56. The summed E-state index contributed by atoms with van der Waals surface area (Å²) in [7, 11) is 0. The van der Waals surface area contributed by atoms with E-state index in [9.17, 15) is 4.79 Å². The molecule has 0 saturated heterocycles. The van der Waals surface area contributed by atoms with E-state index in [2.05, 4.69) is 9.97 Å². The number of carbonyl (C=O) groups excluding carboxylic acids is 1. The van der Waals surface area contributed by atoms with E-state index < -0.39 is 0 Å². The van der Waals surface area contributed by atoms with E-state index >= 15 is 0 Å². The molecule has 0 aliphatic rings. The van der Waals surface area contributed by atoms with Crippen molar-refractivity contribution >= 4 is 52.2 Å². The number of benzene rings is 4. The predicted molar refractivity (Wildman–Crippen MR) is 171 cm³/mol. The molecule has 9 heteroatoms. The molecule has 0 fully saturated rings. The second kappa shape index (κ2) is 12.2. The Hall–Kier alpha value is -3.87. The fourth-order valence-corrected chi connectivity index (χ4v) is 5.83. The SMILES string of the molecule is O=C(Cn1ccnc1-c1c(-c2ccccc2)ccc(Cl)c1Cl)Cn1ccnc1-c1c(-c2ccccc2)ccc(Cl)c1Cl. The van der Waals surface area contributed by atoms with Gasteiger partial charge in [-0.2, -0.15) is 0 Å². The van der Waals surface area contributed by atoms with Crippen molar-refractivity contribution in [1.82, 2.24) is 19.1 Å². The summed E-state index contributed by atoms with van der Waals surface area (Å²) in [4.78, 5) is 22.7. The molecule has 0 radical (unpaired) electrons. The third-order valence-electron chi connectivity index (χ3n) is 6.93. The lowest BCUT2D eigenvalue weighted by molar-refractivity contribution is -0.120. The van der Waals surface area contributed by atoms with Gasteiger partial charge in [-0.1, -0.05) is 119 Å². The highest BCUT2D eigenvalue weighted by molar-refractivity contribution is 6.44. The maximum Gasteiger partial charge on any atom is 0.172 e. The number of hydrogen-bond acceptors (Lipinski definition) is 3. The van der Waals surface area contributed by atoms with Gasteiger partial charge in [0, 0.05) is 35.9 Å². The first-order chi connectivity index (χ1) is 20.4. The lowest BCUT2D eigenvalue weighted by Gasteiger charge is -2.16. The third-order valence-corrected chi connectivity index (χ3v) is 8.54. The summed E-state index contributed by atoms with van der Waals surface area (Å²) < 4.78 is 3.56. The molecule has 2 heterocycles. The number of rotatable bonds is 8. The van der Waals surface area contributed by atoms with Crippen LogP contribution in [0.25, 0.3) is 45.0 Å². The van der Waals surface area contributed by atoms with Crippen LogP contribution in [-0.4, -0.2) is 24.9 Å². The normalized spacial score (nSPS) is 11.1. The van der Waals surface area contributed by atoms with Crippen molar-refractivity contribution in [3.05, 3.63) is 130 Å². The summed E-state index contributed by atoms with van der Waals surface area (Å²) in [5.41, 5.74) is 4.98. The Kier molecular flexibility index (Phi) is 8.18. The minimum Gasteiger partial charge on any atom is -0.323 e. The van der Waals surface area contributed by atoms with E-state index in [1.807, 2.05) is 72.8 Å². The van der Waals surface area contributed by atoms with Gasteiger partial charge in [-0.25, -0.2) is 9.97 Å². The standard InChI is InChI=1S/C33H22Cl4N4O/c34-26-13-11-24(21-7-3-1-4-8-21)28(30(26)36)32-38-15-17-40(32)19-23(42)20-41-18-16-39-33(41)29-25(12-14-27(35)31(29)37)22-9-5-2-6-10-22/h1-18H,19-20H2. The first-order valence-corrected chi connectivity index (χ1v) is 14.5. The van der Waals surface area contributed by atoms with Crippen molar-refractivity contribution in [2.75, 3.05) is 0 Å². The van der Waals surface area contributed by atoms with E-state index in [4.69, 9.17) is 46.4 Å². The van der Waals surface area contributed by atoms with Crippen molar-refractivity contribution in [3.8, 4) is 45.0 Å². The number of carbonyl (C=O) groups is 1. The van der Waals surface area contributed by atoms with Crippen molar-refractivity contribution in [1.29, 1.82) is 0 Å². The van der Waals surface area contributed by atoms with E-state index in [1.165, 1.54) is 0 Å². The fraction of sp³-hybridized carbons (Fsp3) is 0.0606. The van der Waals surface area contributed by atoms with Crippen LogP contribution in [0.1, 0.15) is 0 Å². The summed E-state index contributed by atoms with van der Waals surface area (Å²) in [6.07, 6.45) is 6.81. The van der Waals surface area contributed by atoms with E-state index in [0.29, 0.717) is 42.9 Å². The molecule has 0 amide bonds. The van der Waals surface area contributed by atoms with Crippen molar-refractivity contribution in [2.45, 2.75) is 13.1 Å². The molecule has 2 aromatic heterocycles. The number of aromatic nitrogens is 4. The first-order valence-electron chi connectivity index (χ1n) is 13.0. The second-order valence-corrected chi connectivity index (χ2v) is 11.2. The maximum atomic E-state index is 13.5. The minimum atomic E-state index is -0.0766. The summed E-state index contributed by atoms with van der Waals surface area (Å²) in [5.74, 6) is 1.02. The molecule has 5 nitrogen and oxygen atoms in total. The molecule has 0 saturated carbocycles. The highest BCUT2D eigenvalue weighted by Gasteiger charge is 2.22. The lowest BCUT2D eigenvalue weighted by Crippen LogP contribution is -2.17. The first kappa shape index (κ1) is 28.3. The Morgan fingerprint density at radius 3 is 1.38 bits per heavy atom. The van der Waals surface area contributed by atoms with E-state index in [1.54, 1.807) is 46.1 Å². The number of nitrogens with zero attached hydrogens (tertiary/aromatic N) is 4. The molecule has 0 atom stereocenters. The molecule has 0 bridgehead atoms. The lowest BCUT2D eigenvalue weighted by atomic mass is 9.99. The van der Waals surface area contributed by atoms with Crippen LogP contribution in [0.3, 0.4) is 0 Å². The Morgan fingerprint density at radius 1 is 0.571 bits per heavy atom. The van der Waals surface area contributed by atoms with Gasteiger partial charge < -0.3 is 9.13 Å². The smallest absolute Gasteiger partial charge is 0.172 e. The van der Waals surface area contributed by atoms with Gasteiger partial charge in [0.15, 0.2) is 5.78 Å². The average molecular weight is 632 g/mol.